The molecule has 0 saturated carbocycles. The zero-order valence-corrected chi connectivity index (χ0v) is 14.7. The third-order valence-corrected chi connectivity index (χ3v) is 3.59. The Hall–Kier alpha value is -1.71. The number of hydrogen-bond donors (Lipinski definition) is 4. The van der Waals surface area contributed by atoms with E-state index in [0.29, 0.717) is 14.5 Å². The number of aromatic carboxylic acids is 1. The van der Waals surface area contributed by atoms with Gasteiger partial charge < -0.3 is 21.7 Å². The molecule has 0 aromatic heterocycles. The predicted molar refractivity (Wildman–Crippen MR) is 89.9 cm³/mol. The van der Waals surface area contributed by atoms with Crippen LogP contribution in [0.5, 0.6) is 0 Å². The fourth-order valence-electron chi connectivity index (χ4n) is 1.53. The molecule has 23 heavy (non-hydrogen) atoms. The van der Waals surface area contributed by atoms with Gasteiger partial charge in [0.1, 0.15) is 11.6 Å². The summed E-state index contributed by atoms with van der Waals surface area (Å²) < 4.78 is 26.5. The molecular weight excluding hydrogens is 442 g/mol. The first kappa shape index (κ1) is 19.3. The van der Waals surface area contributed by atoms with E-state index in [2.05, 4.69) is 31.9 Å². The maximum absolute atomic E-state index is 12.8. The van der Waals surface area contributed by atoms with Crippen molar-refractivity contribution >= 4 is 49.2 Å². The van der Waals surface area contributed by atoms with E-state index < -0.39 is 17.6 Å². The van der Waals surface area contributed by atoms with Crippen molar-refractivity contribution in [2.45, 2.75) is 6.61 Å². The highest BCUT2D eigenvalue weighted by Gasteiger charge is 2.12. The van der Waals surface area contributed by atoms with Gasteiger partial charge in [0.25, 0.3) is 0 Å². The van der Waals surface area contributed by atoms with Crippen LogP contribution in [0, 0.1) is 11.6 Å². The van der Waals surface area contributed by atoms with Crippen LogP contribution in [-0.4, -0.2) is 16.2 Å². The van der Waals surface area contributed by atoms with Gasteiger partial charge in [-0.05, 0) is 24.3 Å². The largest absolute Gasteiger partial charge is 0.478 e. The number of carbonyl (C=O) groups is 1. The summed E-state index contributed by atoms with van der Waals surface area (Å²) in [5.41, 5.74) is 10.3. The Bertz CT molecular complexity index is 742. The van der Waals surface area contributed by atoms with Crippen molar-refractivity contribution in [1.29, 1.82) is 0 Å². The van der Waals surface area contributed by atoms with Crippen LogP contribution in [-0.2, 0) is 6.61 Å². The van der Waals surface area contributed by atoms with E-state index in [-0.39, 0.29) is 23.5 Å². The van der Waals surface area contributed by atoms with Crippen LogP contribution in [0.15, 0.2) is 33.2 Å². The maximum Gasteiger partial charge on any atom is 0.337 e. The molecule has 0 aliphatic carbocycles. The van der Waals surface area contributed by atoms with Crippen LogP contribution in [0.25, 0.3) is 0 Å². The minimum absolute atomic E-state index is 0.00991. The first-order chi connectivity index (χ1) is 10.7. The molecule has 0 aliphatic heterocycles. The summed E-state index contributed by atoms with van der Waals surface area (Å²) in [4.78, 5) is 10.5. The molecule has 0 unspecified atom stereocenters. The molecule has 0 spiro atoms. The Labute approximate surface area is 147 Å². The van der Waals surface area contributed by atoms with Crippen molar-refractivity contribution in [3.05, 3.63) is 56.0 Å². The van der Waals surface area contributed by atoms with Crippen LogP contribution in [0.4, 0.5) is 20.2 Å². The van der Waals surface area contributed by atoms with Gasteiger partial charge in [-0.15, -0.1) is 0 Å². The zero-order valence-electron chi connectivity index (χ0n) is 11.5. The van der Waals surface area contributed by atoms with E-state index in [0.717, 1.165) is 6.07 Å². The molecule has 2 aromatic carbocycles. The van der Waals surface area contributed by atoms with Crippen LogP contribution >= 0.6 is 31.9 Å². The van der Waals surface area contributed by atoms with Crippen molar-refractivity contribution in [3.63, 3.8) is 0 Å². The minimum atomic E-state index is -1.24. The number of carboxylic acids is 1. The van der Waals surface area contributed by atoms with Crippen molar-refractivity contribution in [1.82, 2.24) is 0 Å². The molecule has 0 heterocycles. The van der Waals surface area contributed by atoms with E-state index in [1.54, 1.807) is 6.07 Å². The third-order valence-electron chi connectivity index (χ3n) is 2.68. The van der Waals surface area contributed by atoms with Gasteiger partial charge in [-0.1, -0.05) is 31.9 Å². The molecule has 5 nitrogen and oxygen atoms in total. The van der Waals surface area contributed by atoms with Gasteiger partial charge in [-0.25, -0.2) is 13.6 Å². The quantitative estimate of drug-likeness (QED) is 0.520. The van der Waals surface area contributed by atoms with Gasteiger partial charge >= 0.3 is 5.97 Å². The summed E-state index contributed by atoms with van der Waals surface area (Å²) in [5, 5.41) is 17.2. The third kappa shape index (κ3) is 5.15. The number of carboxylic acid groups (broad SMARTS) is 1. The fourth-order valence-corrected chi connectivity index (χ4v) is 2.44. The topological polar surface area (TPSA) is 110 Å². The Morgan fingerprint density at radius 2 is 1.48 bits per heavy atom. The highest BCUT2D eigenvalue weighted by atomic mass is 79.9. The van der Waals surface area contributed by atoms with E-state index >= 15 is 0 Å². The number of nitrogen functional groups attached to an aromatic ring is 2. The monoisotopic (exact) mass is 452 g/mol. The summed E-state index contributed by atoms with van der Waals surface area (Å²) in [6, 6.07) is 5.20. The second-order valence-corrected chi connectivity index (χ2v) is 6.10. The number of aliphatic hydroxyl groups excluding tert-OH is 1. The second-order valence-electron chi connectivity index (χ2n) is 4.27. The molecule has 9 heteroatoms. The molecule has 0 aliphatic rings. The Balaban J connectivity index is 0.000000231. The number of benzene rings is 2. The lowest BCUT2D eigenvalue weighted by Gasteiger charge is -2.03. The first-order valence-corrected chi connectivity index (χ1v) is 7.58. The van der Waals surface area contributed by atoms with Crippen molar-refractivity contribution < 1.29 is 23.8 Å². The second kappa shape index (κ2) is 8.23. The van der Waals surface area contributed by atoms with Gasteiger partial charge in [0, 0.05) is 14.5 Å². The Morgan fingerprint density at radius 3 is 1.96 bits per heavy atom. The summed E-state index contributed by atoms with van der Waals surface area (Å²) in [5.74, 6) is -2.49. The summed E-state index contributed by atoms with van der Waals surface area (Å²) in [6.45, 7) is -0.248. The lowest BCUT2D eigenvalue weighted by atomic mass is 10.2. The van der Waals surface area contributed by atoms with E-state index in [1.165, 1.54) is 12.1 Å². The number of halogens is 4. The number of hydrogen-bond acceptors (Lipinski definition) is 4. The first-order valence-electron chi connectivity index (χ1n) is 5.99. The molecule has 2 aromatic rings. The molecule has 0 amide bonds. The van der Waals surface area contributed by atoms with Crippen molar-refractivity contribution in [2.24, 2.45) is 0 Å². The molecule has 124 valence electrons. The van der Waals surface area contributed by atoms with Gasteiger partial charge in [0.2, 0.25) is 0 Å². The highest BCUT2D eigenvalue weighted by molar-refractivity contribution is 9.10. The van der Waals surface area contributed by atoms with Crippen LogP contribution in [0.2, 0.25) is 0 Å². The standard InChI is InChI=1S/C7H5BrFNO2.C7H7BrFNO/c8-3-1-4(7(11)12)6(10)5(9)2-3;8-5-1-4(3-11)7(10)6(9)2-5/h1-2H,10H2,(H,11,12);1-2,11H,3,10H2. The van der Waals surface area contributed by atoms with Gasteiger partial charge in [-0.3, -0.25) is 0 Å². The average Bonchev–Trinajstić information content (AvgIpc) is 2.47. The number of nitrogens with two attached hydrogens (primary N) is 2. The van der Waals surface area contributed by atoms with Gasteiger partial charge in [0.05, 0.1) is 23.5 Å². The molecule has 0 fully saturated rings. The highest BCUT2D eigenvalue weighted by Crippen LogP contribution is 2.23. The average molecular weight is 454 g/mol. The number of aliphatic hydroxyl groups is 1. The summed E-state index contributed by atoms with van der Waals surface area (Å²) in [6.07, 6.45) is 0. The molecule has 0 atom stereocenters. The summed E-state index contributed by atoms with van der Waals surface area (Å²) in [7, 11) is 0. The molecule has 0 radical (unpaired) electrons. The van der Waals surface area contributed by atoms with Crippen LogP contribution in [0.3, 0.4) is 0 Å². The van der Waals surface area contributed by atoms with Crippen LogP contribution < -0.4 is 11.5 Å². The smallest absolute Gasteiger partial charge is 0.337 e. The number of anilines is 2. The Morgan fingerprint density at radius 1 is 1.00 bits per heavy atom. The normalized spacial score (nSPS) is 9.96. The van der Waals surface area contributed by atoms with Gasteiger partial charge in [0.15, 0.2) is 0 Å². The Kier molecular flexibility index (Phi) is 6.92. The fraction of sp³-hybridized carbons (Fsp3) is 0.0714. The lowest BCUT2D eigenvalue weighted by Crippen LogP contribution is -2.04. The molecule has 0 saturated heterocycles. The minimum Gasteiger partial charge on any atom is -0.478 e. The van der Waals surface area contributed by atoms with Crippen LogP contribution in [0.1, 0.15) is 15.9 Å². The SMILES string of the molecule is Nc1c(F)cc(Br)cc1C(=O)O.Nc1c(F)cc(Br)cc1CO. The van der Waals surface area contributed by atoms with Crippen molar-refractivity contribution in [2.75, 3.05) is 11.5 Å². The maximum atomic E-state index is 12.8. The molecule has 0 bridgehead atoms. The van der Waals surface area contributed by atoms with Gasteiger partial charge in [-0.2, -0.15) is 0 Å². The molecular formula is C14H12Br2F2N2O3. The van der Waals surface area contributed by atoms with E-state index in [9.17, 15) is 13.6 Å². The number of rotatable bonds is 2. The zero-order chi connectivity index (χ0) is 17.7. The molecule has 2 rings (SSSR count). The van der Waals surface area contributed by atoms with E-state index in [1.807, 2.05) is 0 Å². The lowest BCUT2D eigenvalue weighted by molar-refractivity contribution is 0.0697. The summed E-state index contributed by atoms with van der Waals surface area (Å²) >= 11 is 6.04. The molecule has 6 N–H and O–H groups in total. The van der Waals surface area contributed by atoms with E-state index in [4.69, 9.17) is 21.7 Å². The van der Waals surface area contributed by atoms with Crippen molar-refractivity contribution in [3.8, 4) is 0 Å². The predicted octanol–water partition coefficient (Wildman–Crippen LogP) is 3.53.